The molecule has 2 aromatic rings. The van der Waals surface area contributed by atoms with E-state index in [1.165, 1.54) is 0 Å². The van der Waals surface area contributed by atoms with Crippen LogP contribution in [0.25, 0.3) is 11.3 Å². The highest BCUT2D eigenvalue weighted by Crippen LogP contribution is 2.19. The van der Waals surface area contributed by atoms with E-state index in [1.54, 1.807) is 42.6 Å². The van der Waals surface area contributed by atoms with Crippen LogP contribution in [-0.2, 0) is 19.1 Å². The van der Waals surface area contributed by atoms with Crippen LogP contribution in [-0.4, -0.2) is 60.7 Å². The summed E-state index contributed by atoms with van der Waals surface area (Å²) in [6, 6.07) is 10.1. The summed E-state index contributed by atoms with van der Waals surface area (Å²) >= 11 is 0. The molecule has 0 aliphatic heterocycles. The summed E-state index contributed by atoms with van der Waals surface area (Å²) in [5.74, 6) is -0.154. The van der Waals surface area contributed by atoms with Crippen LogP contribution in [0.1, 0.15) is 76.0 Å². The molecule has 38 heavy (non-hydrogen) atoms. The molecule has 1 atom stereocenters. The molecule has 0 aliphatic rings. The van der Waals surface area contributed by atoms with E-state index >= 15 is 0 Å². The molecule has 0 radical (unpaired) electrons. The summed E-state index contributed by atoms with van der Waals surface area (Å²) in [5.41, 5.74) is 2.56. The number of benzene rings is 1. The van der Waals surface area contributed by atoms with Crippen LogP contribution in [0.4, 0.5) is 0 Å². The molecule has 0 spiro atoms. The van der Waals surface area contributed by atoms with E-state index in [9.17, 15) is 19.2 Å². The maximum atomic E-state index is 12.9. The third kappa shape index (κ3) is 10.3. The Bertz CT molecular complexity index is 1070. The number of ketones is 3. The van der Waals surface area contributed by atoms with E-state index in [1.807, 2.05) is 34.6 Å². The molecule has 208 valence electrons. The van der Waals surface area contributed by atoms with Gasteiger partial charge in [0, 0.05) is 55.4 Å². The largest absolute Gasteiger partial charge is 0.379 e. The van der Waals surface area contributed by atoms with Crippen molar-refractivity contribution in [2.75, 3.05) is 26.4 Å². The lowest BCUT2D eigenvalue weighted by molar-refractivity contribution is -0.123. The predicted molar refractivity (Wildman–Crippen MR) is 148 cm³/mol. The second-order valence-corrected chi connectivity index (χ2v) is 9.86. The number of aromatic nitrogens is 1. The number of rotatable bonds is 17. The van der Waals surface area contributed by atoms with Gasteiger partial charge in [0.05, 0.1) is 38.2 Å². The van der Waals surface area contributed by atoms with Crippen LogP contribution >= 0.6 is 0 Å². The minimum absolute atomic E-state index is 0. The summed E-state index contributed by atoms with van der Waals surface area (Å²) in [6.07, 6.45) is 2.67. The molecule has 1 N–H and O–H groups in total. The van der Waals surface area contributed by atoms with Crippen molar-refractivity contribution in [3.05, 3.63) is 53.7 Å². The van der Waals surface area contributed by atoms with Gasteiger partial charge in [-0.05, 0) is 24.3 Å². The van der Waals surface area contributed by atoms with Crippen molar-refractivity contribution in [1.82, 2.24) is 10.3 Å². The van der Waals surface area contributed by atoms with Gasteiger partial charge < -0.3 is 14.8 Å². The van der Waals surface area contributed by atoms with Crippen LogP contribution < -0.4 is 5.32 Å². The second kappa shape index (κ2) is 15.9. The minimum Gasteiger partial charge on any atom is -0.379 e. The number of nitrogens with one attached hydrogen (secondary N) is 1. The van der Waals surface area contributed by atoms with Crippen LogP contribution in [0.2, 0.25) is 0 Å². The van der Waals surface area contributed by atoms with Crippen molar-refractivity contribution < 1.29 is 30.1 Å². The first-order chi connectivity index (χ1) is 18.1. The highest BCUT2D eigenvalue weighted by Gasteiger charge is 2.16. The standard InChI is InChI=1S/C30H40N2O6.H2/c1-6-26(33)13-15-37-18-25(19-38-16-14-28(34)20(2)3)32-30(36)23-9-7-22(8-10-23)27-12-11-24(17-31-27)29(35)21(4)5;/h7-12,17,20-21,25H,6,13-16,18-19H2,1-5H3,(H,32,36);1H. The zero-order chi connectivity index (χ0) is 28.1. The number of pyridine rings is 1. The third-order valence-electron chi connectivity index (χ3n) is 6.04. The molecule has 8 heteroatoms. The van der Waals surface area contributed by atoms with E-state index < -0.39 is 6.04 Å². The summed E-state index contributed by atoms with van der Waals surface area (Å²) in [4.78, 5) is 52.8. The van der Waals surface area contributed by atoms with Gasteiger partial charge in [-0.2, -0.15) is 0 Å². The van der Waals surface area contributed by atoms with Crippen molar-refractivity contribution in [3.8, 4) is 11.3 Å². The van der Waals surface area contributed by atoms with Crippen molar-refractivity contribution in [1.29, 1.82) is 0 Å². The van der Waals surface area contributed by atoms with Crippen LogP contribution in [0, 0.1) is 11.8 Å². The fourth-order valence-electron chi connectivity index (χ4n) is 3.51. The summed E-state index contributed by atoms with van der Waals surface area (Å²) in [7, 11) is 0. The van der Waals surface area contributed by atoms with E-state index in [4.69, 9.17) is 9.47 Å². The Labute approximate surface area is 227 Å². The molecule has 1 aromatic carbocycles. The predicted octanol–water partition coefficient (Wildman–Crippen LogP) is 4.95. The number of Topliss-reactive ketones (excluding diaryl/α,β-unsaturated/α-hetero) is 3. The maximum absolute atomic E-state index is 12.9. The van der Waals surface area contributed by atoms with Gasteiger partial charge in [0.1, 0.15) is 11.6 Å². The summed E-state index contributed by atoms with van der Waals surface area (Å²) in [5, 5.41) is 2.92. The maximum Gasteiger partial charge on any atom is 0.251 e. The molecule has 0 aliphatic carbocycles. The molecular weight excluding hydrogens is 484 g/mol. The Morgan fingerprint density at radius 1 is 0.842 bits per heavy atom. The lowest BCUT2D eigenvalue weighted by atomic mass is 10.0. The molecule has 0 bridgehead atoms. The fourth-order valence-corrected chi connectivity index (χ4v) is 3.51. The van der Waals surface area contributed by atoms with Crippen molar-refractivity contribution in [2.45, 2.75) is 59.9 Å². The van der Waals surface area contributed by atoms with Gasteiger partial charge in [-0.15, -0.1) is 0 Å². The fraction of sp³-hybridized carbons (Fsp3) is 0.500. The average molecular weight is 527 g/mol. The van der Waals surface area contributed by atoms with E-state index in [0.717, 1.165) is 5.56 Å². The molecule has 1 heterocycles. The molecule has 0 saturated heterocycles. The molecule has 0 saturated carbocycles. The van der Waals surface area contributed by atoms with E-state index in [0.29, 0.717) is 36.1 Å². The van der Waals surface area contributed by atoms with Crippen molar-refractivity contribution >= 4 is 23.3 Å². The molecule has 2 rings (SSSR count). The third-order valence-corrected chi connectivity index (χ3v) is 6.04. The summed E-state index contributed by atoms with van der Waals surface area (Å²) < 4.78 is 11.3. The Morgan fingerprint density at radius 3 is 1.97 bits per heavy atom. The number of amides is 1. The SMILES string of the molecule is CCC(=O)CCOCC(COCCC(=O)C(C)C)NC(=O)c1ccc(-c2ccc(C(=O)C(C)C)cn2)cc1.[HH]. The first-order valence-corrected chi connectivity index (χ1v) is 13.2. The smallest absolute Gasteiger partial charge is 0.251 e. The lowest BCUT2D eigenvalue weighted by Crippen LogP contribution is -2.42. The minimum atomic E-state index is -0.444. The number of carbonyl (C=O) groups excluding carboxylic acids is 4. The molecule has 1 amide bonds. The molecule has 8 nitrogen and oxygen atoms in total. The first-order valence-electron chi connectivity index (χ1n) is 13.2. The zero-order valence-electron chi connectivity index (χ0n) is 23.1. The number of carbonyl (C=O) groups is 4. The molecular formula is C30H42N2O6. The Hall–Kier alpha value is -3.23. The molecule has 1 aromatic heterocycles. The molecule has 0 fully saturated rings. The number of hydrogen-bond acceptors (Lipinski definition) is 7. The number of hydrogen-bond donors (Lipinski definition) is 1. The molecule has 1 unspecified atom stereocenters. The van der Waals surface area contributed by atoms with Gasteiger partial charge in [-0.3, -0.25) is 24.2 Å². The first kappa shape index (κ1) is 31.0. The van der Waals surface area contributed by atoms with Crippen LogP contribution in [0.5, 0.6) is 0 Å². The quantitative estimate of drug-likeness (QED) is 0.229. The van der Waals surface area contributed by atoms with Crippen LogP contribution in [0.15, 0.2) is 42.6 Å². The second-order valence-electron chi connectivity index (χ2n) is 9.86. The van der Waals surface area contributed by atoms with Gasteiger partial charge in [0.2, 0.25) is 0 Å². The van der Waals surface area contributed by atoms with Crippen molar-refractivity contribution in [3.63, 3.8) is 0 Å². The van der Waals surface area contributed by atoms with Gasteiger partial charge in [-0.1, -0.05) is 46.8 Å². The highest BCUT2D eigenvalue weighted by atomic mass is 16.5. The van der Waals surface area contributed by atoms with Gasteiger partial charge >= 0.3 is 0 Å². The van der Waals surface area contributed by atoms with Gasteiger partial charge in [-0.25, -0.2) is 0 Å². The average Bonchev–Trinajstić information content (AvgIpc) is 2.92. The summed E-state index contributed by atoms with van der Waals surface area (Å²) in [6.45, 7) is 10.1. The topological polar surface area (TPSA) is 112 Å². The number of nitrogens with zero attached hydrogens (tertiary/aromatic N) is 1. The van der Waals surface area contributed by atoms with Gasteiger partial charge in [0.15, 0.2) is 5.78 Å². The zero-order valence-corrected chi connectivity index (χ0v) is 23.1. The van der Waals surface area contributed by atoms with E-state index in [2.05, 4.69) is 10.3 Å². The van der Waals surface area contributed by atoms with Crippen LogP contribution in [0.3, 0.4) is 0 Å². The Morgan fingerprint density at radius 2 is 1.45 bits per heavy atom. The number of ether oxygens (including phenoxy) is 2. The highest BCUT2D eigenvalue weighted by molar-refractivity contribution is 5.97. The van der Waals surface area contributed by atoms with Gasteiger partial charge in [0.25, 0.3) is 5.91 Å². The Balaban J connectivity index is 0.00000760. The normalized spacial score (nSPS) is 12.0. The van der Waals surface area contributed by atoms with Crippen molar-refractivity contribution in [2.24, 2.45) is 11.8 Å². The lowest BCUT2D eigenvalue weighted by Gasteiger charge is -2.19. The van der Waals surface area contributed by atoms with E-state index in [-0.39, 0.29) is 62.9 Å². The monoisotopic (exact) mass is 526 g/mol. The Kier molecular flexibility index (Phi) is 13.0.